The molecule has 298 valence electrons. The van der Waals surface area contributed by atoms with Gasteiger partial charge in [0.05, 0.1) is 0 Å². The van der Waals surface area contributed by atoms with Gasteiger partial charge in [0, 0.05) is 16.2 Å². The zero-order valence-corrected chi connectivity index (χ0v) is 36.7. The number of hydrogen-bond donors (Lipinski definition) is 0. The van der Waals surface area contributed by atoms with E-state index >= 15 is 0 Å². The molecule has 0 unspecified atom stereocenters. The Bertz CT molecular complexity index is 3730. The van der Waals surface area contributed by atoms with E-state index in [-0.39, 0.29) is 16.2 Å². The summed E-state index contributed by atoms with van der Waals surface area (Å²) in [5.74, 6) is 0. The number of fused-ring (bicyclic) bond motifs is 10. The minimum atomic E-state index is -0.0871. The van der Waals surface area contributed by atoms with Crippen molar-refractivity contribution in [1.29, 1.82) is 0 Å². The summed E-state index contributed by atoms with van der Waals surface area (Å²) in [5, 5.41) is 8.13. The Kier molecular flexibility index (Phi) is 6.61. The van der Waals surface area contributed by atoms with Crippen molar-refractivity contribution in [3.05, 3.63) is 203 Å². The Morgan fingerprint density at radius 3 is 0.984 bits per heavy atom. The van der Waals surface area contributed by atoms with Crippen LogP contribution >= 0.6 is 0 Å². The first-order valence-electron chi connectivity index (χ1n) is 22.8. The van der Waals surface area contributed by atoms with Crippen LogP contribution in [-0.2, 0) is 16.2 Å². The second kappa shape index (κ2) is 11.7. The van der Waals surface area contributed by atoms with E-state index in [1.807, 2.05) is 0 Å². The molecule has 0 heterocycles. The molecule has 0 spiro atoms. The predicted octanol–water partition coefficient (Wildman–Crippen LogP) is 17.0. The van der Waals surface area contributed by atoms with Crippen LogP contribution in [0, 0.1) is 0 Å². The summed E-state index contributed by atoms with van der Waals surface area (Å²) in [6.07, 6.45) is 0. The van der Waals surface area contributed by atoms with Gasteiger partial charge in [-0.3, -0.25) is 0 Å². The maximum atomic E-state index is 2.54. The van der Waals surface area contributed by atoms with E-state index in [1.54, 1.807) is 0 Å². The smallest absolute Gasteiger partial charge is 0.0159 e. The Morgan fingerprint density at radius 1 is 0.222 bits per heavy atom. The van der Waals surface area contributed by atoms with Gasteiger partial charge in [-0.1, -0.05) is 187 Å². The molecule has 4 aliphatic carbocycles. The molecule has 0 saturated heterocycles. The van der Waals surface area contributed by atoms with Crippen LogP contribution in [-0.4, -0.2) is 0 Å². The van der Waals surface area contributed by atoms with E-state index in [0.29, 0.717) is 0 Å². The highest BCUT2D eigenvalue weighted by molar-refractivity contribution is 6.37. The van der Waals surface area contributed by atoms with Gasteiger partial charge >= 0.3 is 0 Å². The molecule has 10 aromatic carbocycles. The summed E-state index contributed by atoms with van der Waals surface area (Å²) < 4.78 is 0. The van der Waals surface area contributed by atoms with Gasteiger partial charge in [-0.2, -0.15) is 0 Å². The highest BCUT2D eigenvalue weighted by atomic mass is 14.4. The third-order valence-electron chi connectivity index (χ3n) is 16.2. The van der Waals surface area contributed by atoms with Crippen LogP contribution in [0.2, 0.25) is 0 Å². The highest BCUT2D eigenvalue weighted by Gasteiger charge is 2.38. The van der Waals surface area contributed by atoms with Gasteiger partial charge in [0.1, 0.15) is 0 Å². The lowest BCUT2D eigenvalue weighted by Gasteiger charge is -2.23. The SMILES string of the molecule is CC1(C)c2ccccc2-c2ccc(-c3ccc4c5c3ccc3c(-c6ccc7c(c6)C(C)(C)c6ccccc6-7)cc6c(-c7ccc8c(c7)C(C)(C)c7ccccc7-8)ccc-4c6c35)cc21. The quantitative estimate of drug-likeness (QED) is 0.156. The van der Waals surface area contributed by atoms with Crippen molar-refractivity contribution in [2.45, 2.75) is 57.8 Å². The van der Waals surface area contributed by atoms with Crippen molar-refractivity contribution >= 4 is 32.3 Å². The molecular weight excluding hydrogens is 757 g/mol. The Labute approximate surface area is 369 Å². The van der Waals surface area contributed by atoms with Crippen LogP contribution in [0.3, 0.4) is 0 Å². The van der Waals surface area contributed by atoms with Crippen LogP contribution < -0.4 is 0 Å². The largest absolute Gasteiger partial charge is 0.0619 e. The molecule has 0 fully saturated rings. The van der Waals surface area contributed by atoms with Gasteiger partial charge in [0.25, 0.3) is 0 Å². The lowest BCUT2D eigenvalue weighted by atomic mass is 9.80. The molecule has 0 radical (unpaired) electrons. The first kappa shape index (κ1) is 35.6. The number of hydrogen-bond acceptors (Lipinski definition) is 0. The highest BCUT2D eigenvalue weighted by Crippen LogP contribution is 2.57. The Balaban J connectivity index is 1.03. The van der Waals surface area contributed by atoms with Crippen LogP contribution in [0.15, 0.2) is 170 Å². The van der Waals surface area contributed by atoms with E-state index in [2.05, 4.69) is 211 Å². The monoisotopic (exact) mass is 802 g/mol. The lowest BCUT2D eigenvalue weighted by Crippen LogP contribution is -2.14. The fraction of sp³-hybridized carbons (Fsp3) is 0.143. The van der Waals surface area contributed by atoms with Crippen molar-refractivity contribution in [1.82, 2.24) is 0 Å². The number of benzene rings is 10. The van der Waals surface area contributed by atoms with Crippen molar-refractivity contribution in [3.63, 3.8) is 0 Å². The maximum absolute atomic E-state index is 2.54. The van der Waals surface area contributed by atoms with E-state index in [1.165, 1.54) is 144 Å². The van der Waals surface area contributed by atoms with E-state index in [0.717, 1.165) is 0 Å². The molecule has 63 heavy (non-hydrogen) atoms. The molecule has 14 rings (SSSR count). The summed E-state index contributed by atoms with van der Waals surface area (Å²) in [7, 11) is 0. The van der Waals surface area contributed by atoms with E-state index in [9.17, 15) is 0 Å². The van der Waals surface area contributed by atoms with Gasteiger partial charge < -0.3 is 0 Å². The van der Waals surface area contributed by atoms with Crippen molar-refractivity contribution in [3.8, 4) is 77.9 Å². The minimum Gasteiger partial charge on any atom is -0.0619 e. The Morgan fingerprint density at radius 2 is 0.540 bits per heavy atom. The topological polar surface area (TPSA) is 0 Å². The average Bonchev–Trinajstić information content (AvgIpc) is 3.93. The predicted molar refractivity (Wildman–Crippen MR) is 267 cm³/mol. The molecule has 0 heteroatoms. The molecule has 0 bridgehead atoms. The van der Waals surface area contributed by atoms with Crippen LogP contribution in [0.25, 0.3) is 110 Å². The first-order chi connectivity index (χ1) is 30.5. The lowest BCUT2D eigenvalue weighted by molar-refractivity contribution is 0.660. The molecule has 0 amide bonds. The molecule has 0 atom stereocenters. The summed E-state index contributed by atoms with van der Waals surface area (Å²) in [5.41, 5.74) is 26.8. The molecule has 0 aromatic heterocycles. The van der Waals surface area contributed by atoms with Gasteiger partial charge in [0.15, 0.2) is 0 Å². The summed E-state index contributed by atoms with van der Waals surface area (Å²) >= 11 is 0. The standard InChI is InChI=1S/C63H46/c1-61(2)52-16-10-7-13-40(52)43-22-19-35(31-55(43)61)38-25-27-47-48-28-26-39(36-20-23-44-41-14-8-11-17-53(41)62(3,4)56(44)32-36)51-34-50(49-30-29-46(38)58(47)60(49)59(48)51)37-21-24-45-42-15-9-12-18-54(42)63(5,6)57(45)33-37/h7-34H,1-6H3. The third-order valence-corrected chi connectivity index (χ3v) is 16.2. The second-order valence-electron chi connectivity index (χ2n) is 20.4. The number of rotatable bonds is 3. The third kappa shape index (κ3) is 4.37. The fourth-order valence-electron chi connectivity index (χ4n) is 13.0. The van der Waals surface area contributed by atoms with Gasteiger partial charge in [-0.25, -0.2) is 0 Å². The zero-order valence-electron chi connectivity index (χ0n) is 36.7. The maximum Gasteiger partial charge on any atom is 0.0159 e. The fourth-order valence-corrected chi connectivity index (χ4v) is 13.0. The average molecular weight is 803 g/mol. The van der Waals surface area contributed by atoms with Gasteiger partial charge in [-0.15, -0.1) is 0 Å². The van der Waals surface area contributed by atoms with Crippen molar-refractivity contribution < 1.29 is 0 Å². The summed E-state index contributed by atoms with van der Waals surface area (Å²) in [4.78, 5) is 0. The van der Waals surface area contributed by atoms with Crippen LogP contribution in [0.4, 0.5) is 0 Å². The van der Waals surface area contributed by atoms with Crippen molar-refractivity contribution in [2.75, 3.05) is 0 Å². The summed E-state index contributed by atoms with van der Waals surface area (Å²) in [6, 6.07) is 65.8. The van der Waals surface area contributed by atoms with Crippen molar-refractivity contribution in [2.24, 2.45) is 0 Å². The summed E-state index contributed by atoms with van der Waals surface area (Å²) in [6.45, 7) is 14.3. The molecule has 0 aliphatic heterocycles. The van der Waals surface area contributed by atoms with Gasteiger partial charge in [0.2, 0.25) is 0 Å². The molecule has 0 saturated carbocycles. The van der Waals surface area contributed by atoms with E-state index < -0.39 is 0 Å². The second-order valence-corrected chi connectivity index (χ2v) is 20.4. The molecule has 0 N–H and O–H groups in total. The normalized spacial score (nSPS) is 15.8. The van der Waals surface area contributed by atoms with Gasteiger partial charge in [-0.05, 0) is 168 Å². The molecule has 0 nitrogen and oxygen atoms in total. The zero-order chi connectivity index (χ0) is 42.3. The van der Waals surface area contributed by atoms with E-state index in [4.69, 9.17) is 0 Å². The molecular formula is C63H46. The first-order valence-corrected chi connectivity index (χ1v) is 22.8. The molecule has 10 aromatic rings. The minimum absolute atomic E-state index is 0.0621. The Hall–Kier alpha value is -7.02. The van der Waals surface area contributed by atoms with Crippen LogP contribution in [0.1, 0.15) is 74.9 Å². The van der Waals surface area contributed by atoms with Crippen LogP contribution in [0.5, 0.6) is 0 Å². The molecule has 4 aliphatic rings.